The first-order valence-electron chi connectivity index (χ1n) is 13.8. The molecule has 312 valence electrons. The molecule has 0 bridgehead atoms. The summed E-state index contributed by atoms with van der Waals surface area (Å²) in [5.41, 5.74) is 0. The van der Waals surface area contributed by atoms with Crippen molar-refractivity contribution in [2.24, 2.45) is 0 Å². The van der Waals surface area contributed by atoms with E-state index in [4.69, 9.17) is 102 Å². The maximum atomic E-state index is 9.98. The molecular weight excluding hydrogens is 943 g/mol. The fourth-order valence-corrected chi connectivity index (χ4v) is 2.65. The van der Waals surface area contributed by atoms with Crippen LogP contribution < -0.4 is 20.4 Å². The molecule has 0 unspecified atom stereocenters. The number of aliphatic hydroxyl groups is 20. The molecule has 0 fully saturated rings. The van der Waals surface area contributed by atoms with Gasteiger partial charge < -0.3 is 142 Å². The molecule has 29 heteroatoms. The molecule has 0 aromatic carbocycles. The molecule has 0 aliphatic heterocycles. The van der Waals surface area contributed by atoms with Gasteiger partial charge in [0.15, 0.2) is 0 Å². The summed E-state index contributed by atoms with van der Waals surface area (Å²) in [5.74, 6) is -7.90. The molecule has 0 aromatic rings. The Kier molecular flexibility index (Phi) is 35.5. The monoisotopic (exact) mass is 988 g/mol. The Bertz CT molecular complexity index is 841. The van der Waals surface area contributed by atoms with Gasteiger partial charge in [-0.15, -0.1) is 0 Å². The molecular formula is C24H44O28Pb. The van der Waals surface area contributed by atoms with E-state index in [9.17, 15) is 39.6 Å². The Morgan fingerprint density at radius 2 is 0.415 bits per heavy atom. The van der Waals surface area contributed by atoms with Gasteiger partial charge in [0.1, 0.15) is 97.7 Å². The summed E-state index contributed by atoms with van der Waals surface area (Å²) in [5, 5.41) is 214. The molecule has 20 N–H and O–H groups in total. The van der Waals surface area contributed by atoms with Crippen molar-refractivity contribution in [3.8, 4) is 0 Å². The summed E-state index contributed by atoms with van der Waals surface area (Å²) in [6.45, 7) is -3.45. The van der Waals surface area contributed by atoms with E-state index in [2.05, 4.69) is 0 Å². The van der Waals surface area contributed by atoms with E-state index in [0.29, 0.717) is 0 Å². The van der Waals surface area contributed by atoms with E-state index < -0.39 is 148 Å². The van der Waals surface area contributed by atoms with Gasteiger partial charge in [-0.2, -0.15) is 0 Å². The van der Waals surface area contributed by atoms with Crippen molar-refractivity contribution in [1.29, 1.82) is 0 Å². The van der Waals surface area contributed by atoms with E-state index in [0.717, 1.165) is 0 Å². The van der Waals surface area contributed by atoms with Crippen molar-refractivity contribution >= 4 is 51.2 Å². The Hall–Kier alpha value is -2.00. The van der Waals surface area contributed by atoms with Crippen LogP contribution >= 0.6 is 0 Å². The van der Waals surface area contributed by atoms with Crippen LogP contribution in [0.5, 0.6) is 0 Å². The van der Waals surface area contributed by atoms with Gasteiger partial charge in [0.25, 0.3) is 0 Å². The van der Waals surface area contributed by atoms with E-state index >= 15 is 0 Å². The predicted molar refractivity (Wildman–Crippen MR) is 150 cm³/mol. The standard InChI is InChI=1S/4C6H12O7.Pb/c4*7-1-2(8)3(9)4(10)5(11)6(12)13;/h4*2-5,7-11H,1H2,(H,12,13);/q;;;;+4/p-4/t4*2-,3-,4+,5-;/m1111./s1. The molecule has 0 rings (SSSR count). The smallest absolute Gasteiger partial charge is 0.547 e. The molecule has 16 atom stereocenters. The molecule has 0 aliphatic carbocycles. The summed E-state index contributed by atoms with van der Waals surface area (Å²) in [7, 11) is 0. The van der Waals surface area contributed by atoms with Crippen LogP contribution in [-0.2, 0) is 19.2 Å². The van der Waals surface area contributed by atoms with Crippen LogP contribution in [0.1, 0.15) is 0 Å². The van der Waals surface area contributed by atoms with E-state index in [1.165, 1.54) is 0 Å². The van der Waals surface area contributed by atoms with Gasteiger partial charge in [-0.3, -0.25) is 0 Å². The van der Waals surface area contributed by atoms with E-state index in [-0.39, 0.29) is 27.3 Å². The average molecular weight is 988 g/mol. The number of carboxylic acid groups (broad SMARTS) is 4. The van der Waals surface area contributed by atoms with Crippen LogP contribution in [-0.4, -0.2) is 277 Å². The molecule has 0 aromatic heterocycles. The summed E-state index contributed by atoms with van der Waals surface area (Å²) >= 11 is 0. The first kappa shape index (κ1) is 60.3. The van der Waals surface area contributed by atoms with Crippen molar-refractivity contribution in [2.45, 2.75) is 97.7 Å². The van der Waals surface area contributed by atoms with E-state index in [1.54, 1.807) is 0 Å². The van der Waals surface area contributed by atoms with Gasteiger partial charge >= 0.3 is 27.3 Å². The number of hydrogen-bond acceptors (Lipinski definition) is 28. The second-order valence-corrected chi connectivity index (χ2v) is 9.98. The Labute approximate surface area is 316 Å². The zero-order valence-electron chi connectivity index (χ0n) is 26.8. The number of aliphatic carboxylic acids is 4. The third-order valence-electron chi connectivity index (χ3n) is 5.98. The van der Waals surface area contributed by atoms with Gasteiger partial charge in [0.2, 0.25) is 0 Å². The third-order valence-corrected chi connectivity index (χ3v) is 5.98. The molecule has 0 heterocycles. The first-order valence-corrected chi connectivity index (χ1v) is 13.8. The maximum Gasteiger partial charge on any atom is 4.00 e. The van der Waals surface area contributed by atoms with Crippen molar-refractivity contribution in [3.63, 3.8) is 0 Å². The second-order valence-electron chi connectivity index (χ2n) is 9.98. The SMILES string of the molecule is O=C([O-])[C@H](O)[C@@H](O)[C@H](O)[C@H](O)CO.O=C([O-])[C@H](O)[C@@H](O)[C@H](O)[C@H](O)CO.O=C([O-])[C@H](O)[C@@H](O)[C@H](O)[C@H](O)CO.O=C([O-])[C@H](O)[C@@H](O)[C@H](O)[C@H](O)CO.[Pb+4]. The summed E-state index contributed by atoms with van der Waals surface area (Å²) in [4.78, 5) is 39.9. The van der Waals surface area contributed by atoms with Gasteiger partial charge in [-0.1, -0.05) is 0 Å². The van der Waals surface area contributed by atoms with Gasteiger partial charge in [0, 0.05) is 0 Å². The number of rotatable bonds is 20. The first-order chi connectivity index (χ1) is 23.7. The van der Waals surface area contributed by atoms with Crippen LogP contribution in [0.4, 0.5) is 0 Å². The summed E-state index contributed by atoms with van der Waals surface area (Å²) in [6, 6.07) is 0. The Morgan fingerprint density at radius 3 is 0.491 bits per heavy atom. The van der Waals surface area contributed by atoms with Crippen LogP contribution in [0.2, 0.25) is 0 Å². The van der Waals surface area contributed by atoms with Crippen LogP contribution in [0, 0.1) is 0 Å². The number of hydrogen-bond donors (Lipinski definition) is 20. The van der Waals surface area contributed by atoms with Crippen LogP contribution in [0.15, 0.2) is 0 Å². The van der Waals surface area contributed by atoms with Gasteiger partial charge in [0.05, 0.1) is 50.3 Å². The number of aliphatic hydroxyl groups excluding tert-OH is 20. The average Bonchev–Trinajstić information content (AvgIpc) is 3.12. The topological polar surface area (TPSA) is 565 Å². The van der Waals surface area contributed by atoms with Crippen molar-refractivity contribution < 1.29 is 142 Å². The minimum absolute atomic E-state index is 0. The summed E-state index contributed by atoms with van der Waals surface area (Å²) < 4.78 is 0. The molecule has 0 spiro atoms. The molecule has 0 amide bonds. The fraction of sp³-hybridized carbons (Fsp3) is 0.833. The van der Waals surface area contributed by atoms with Crippen molar-refractivity contribution in [1.82, 2.24) is 0 Å². The van der Waals surface area contributed by atoms with E-state index in [1.807, 2.05) is 0 Å². The molecule has 28 nitrogen and oxygen atoms in total. The zero-order chi connectivity index (χ0) is 42.4. The van der Waals surface area contributed by atoms with Gasteiger partial charge in [-0.25, -0.2) is 0 Å². The second kappa shape index (κ2) is 31.2. The molecule has 0 saturated carbocycles. The summed E-state index contributed by atoms with van der Waals surface area (Å²) in [6.07, 6.45) is -32.3. The number of carbonyl (C=O) groups is 4. The normalized spacial score (nSPS) is 20.0. The minimum atomic E-state index is -2.31. The van der Waals surface area contributed by atoms with Crippen LogP contribution in [0.3, 0.4) is 0 Å². The maximum absolute atomic E-state index is 9.98. The quantitative estimate of drug-likeness (QED) is 0.0504. The molecule has 0 saturated heterocycles. The fourth-order valence-electron chi connectivity index (χ4n) is 2.65. The Morgan fingerprint density at radius 1 is 0.302 bits per heavy atom. The Balaban J connectivity index is -0.000000192. The largest absolute Gasteiger partial charge is 4.00 e. The van der Waals surface area contributed by atoms with Gasteiger partial charge in [-0.05, 0) is 0 Å². The van der Waals surface area contributed by atoms with Crippen molar-refractivity contribution in [2.75, 3.05) is 26.4 Å². The molecule has 0 radical (unpaired) electrons. The van der Waals surface area contributed by atoms with Crippen molar-refractivity contribution in [3.05, 3.63) is 0 Å². The number of carboxylic acids is 4. The molecule has 53 heavy (non-hydrogen) atoms. The minimum Gasteiger partial charge on any atom is -0.547 e. The number of carbonyl (C=O) groups excluding carboxylic acids is 4. The predicted octanol–water partition coefficient (Wildman–Crippen LogP) is -19.7. The van der Waals surface area contributed by atoms with Crippen LogP contribution in [0.25, 0.3) is 0 Å². The third kappa shape index (κ3) is 23.5. The zero-order valence-corrected chi connectivity index (χ0v) is 30.7. The molecule has 0 aliphatic rings.